The van der Waals surface area contributed by atoms with Gasteiger partial charge in [0.1, 0.15) is 0 Å². The lowest BCUT2D eigenvalue weighted by atomic mass is 10.2. The van der Waals surface area contributed by atoms with E-state index in [9.17, 15) is 0 Å². The first kappa shape index (κ1) is 12.7. The van der Waals surface area contributed by atoms with Gasteiger partial charge in [-0.3, -0.25) is 0 Å². The molecule has 86 valence electrons. The van der Waals surface area contributed by atoms with Crippen LogP contribution in [0.25, 0.3) is 0 Å². The summed E-state index contributed by atoms with van der Waals surface area (Å²) in [4.78, 5) is 1.49. The molecule has 1 heterocycles. The number of nitrogens with one attached hydrogen (secondary N) is 1. The molecule has 1 atom stereocenters. The first-order valence-corrected chi connectivity index (χ1v) is 6.45. The Bertz CT molecular complexity index is 236. The van der Waals surface area contributed by atoms with Crippen LogP contribution in [-0.2, 0) is 11.2 Å². The molecule has 2 nitrogen and oxygen atoms in total. The van der Waals surface area contributed by atoms with E-state index < -0.39 is 0 Å². The largest absolute Gasteiger partial charge is 0.385 e. The van der Waals surface area contributed by atoms with Gasteiger partial charge in [0.15, 0.2) is 0 Å². The topological polar surface area (TPSA) is 21.3 Å². The minimum absolute atomic E-state index is 0.563. The molecule has 1 N–H and O–H groups in total. The normalized spacial score (nSPS) is 12.9. The molecular weight excluding hydrogens is 206 g/mol. The lowest BCUT2D eigenvalue weighted by molar-refractivity contribution is 0.185. The van der Waals surface area contributed by atoms with Gasteiger partial charge in [-0.1, -0.05) is 6.07 Å². The zero-order chi connectivity index (χ0) is 10.9. The third kappa shape index (κ3) is 5.92. The van der Waals surface area contributed by atoms with E-state index in [1.165, 1.54) is 17.7 Å². The SMILES string of the molecule is COCCC(C)NCCCc1cccs1. The van der Waals surface area contributed by atoms with Crippen LogP contribution in [0.1, 0.15) is 24.6 Å². The van der Waals surface area contributed by atoms with E-state index in [1.807, 2.05) is 11.3 Å². The molecule has 1 unspecified atom stereocenters. The molecule has 0 bridgehead atoms. The van der Waals surface area contributed by atoms with Crippen molar-refractivity contribution in [3.63, 3.8) is 0 Å². The average molecular weight is 227 g/mol. The van der Waals surface area contributed by atoms with E-state index in [4.69, 9.17) is 4.74 Å². The van der Waals surface area contributed by atoms with Crippen LogP contribution in [0.2, 0.25) is 0 Å². The van der Waals surface area contributed by atoms with Crippen molar-refractivity contribution in [3.8, 4) is 0 Å². The summed E-state index contributed by atoms with van der Waals surface area (Å²) in [7, 11) is 1.75. The molecule has 0 aromatic carbocycles. The van der Waals surface area contributed by atoms with Gasteiger partial charge in [0.05, 0.1) is 0 Å². The highest BCUT2D eigenvalue weighted by atomic mass is 32.1. The van der Waals surface area contributed by atoms with Crippen molar-refractivity contribution in [2.75, 3.05) is 20.3 Å². The van der Waals surface area contributed by atoms with E-state index in [1.54, 1.807) is 7.11 Å². The predicted molar refractivity (Wildman–Crippen MR) is 66.6 cm³/mol. The van der Waals surface area contributed by atoms with Crippen molar-refractivity contribution in [3.05, 3.63) is 22.4 Å². The second-order valence-electron chi connectivity index (χ2n) is 3.82. The second-order valence-corrected chi connectivity index (χ2v) is 4.85. The van der Waals surface area contributed by atoms with E-state index in [0.29, 0.717) is 6.04 Å². The van der Waals surface area contributed by atoms with Crippen molar-refractivity contribution in [1.29, 1.82) is 0 Å². The zero-order valence-electron chi connectivity index (χ0n) is 9.66. The van der Waals surface area contributed by atoms with Gasteiger partial charge in [-0.2, -0.15) is 0 Å². The number of hydrogen-bond donors (Lipinski definition) is 1. The number of rotatable bonds is 8. The summed E-state index contributed by atoms with van der Waals surface area (Å²) >= 11 is 1.85. The Morgan fingerprint density at radius 1 is 1.53 bits per heavy atom. The molecule has 1 aromatic rings. The van der Waals surface area contributed by atoms with E-state index in [0.717, 1.165) is 19.6 Å². The van der Waals surface area contributed by atoms with E-state index >= 15 is 0 Å². The molecule has 15 heavy (non-hydrogen) atoms. The molecule has 0 saturated carbocycles. The van der Waals surface area contributed by atoms with Crippen LogP contribution in [0.5, 0.6) is 0 Å². The number of hydrogen-bond acceptors (Lipinski definition) is 3. The fourth-order valence-electron chi connectivity index (χ4n) is 1.46. The highest BCUT2D eigenvalue weighted by Crippen LogP contribution is 2.10. The standard InChI is InChI=1S/C12H21NOS/c1-11(7-9-14-2)13-8-3-5-12-6-4-10-15-12/h4,6,10-11,13H,3,5,7-9H2,1-2H3. The summed E-state index contributed by atoms with van der Waals surface area (Å²) < 4.78 is 5.04. The fourth-order valence-corrected chi connectivity index (χ4v) is 2.21. The number of thiophene rings is 1. The minimum Gasteiger partial charge on any atom is -0.385 e. The number of methoxy groups -OCH3 is 1. The van der Waals surface area contributed by atoms with Crippen molar-refractivity contribution >= 4 is 11.3 Å². The quantitative estimate of drug-likeness (QED) is 0.689. The van der Waals surface area contributed by atoms with Gasteiger partial charge in [-0.05, 0) is 44.2 Å². The maximum atomic E-state index is 5.04. The molecular formula is C12H21NOS. The summed E-state index contributed by atoms with van der Waals surface area (Å²) in [6, 6.07) is 4.89. The lowest BCUT2D eigenvalue weighted by Gasteiger charge is -2.12. The van der Waals surface area contributed by atoms with Crippen LogP contribution in [0.4, 0.5) is 0 Å². The second kappa shape index (κ2) is 7.85. The number of ether oxygens (including phenoxy) is 1. The van der Waals surface area contributed by atoms with Crippen LogP contribution >= 0.6 is 11.3 Å². The van der Waals surface area contributed by atoms with Crippen molar-refractivity contribution in [2.45, 2.75) is 32.2 Å². The van der Waals surface area contributed by atoms with Gasteiger partial charge in [-0.15, -0.1) is 11.3 Å². The van der Waals surface area contributed by atoms with Gasteiger partial charge < -0.3 is 10.1 Å². The Morgan fingerprint density at radius 2 is 2.40 bits per heavy atom. The third-order valence-corrected chi connectivity index (χ3v) is 3.36. The molecule has 0 radical (unpaired) electrons. The molecule has 1 rings (SSSR count). The van der Waals surface area contributed by atoms with Crippen LogP contribution in [-0.4, -0.2) is 26.3 Å². The molecule has 0 aliphatic carbocycles. The predicted octanol–water partition coefficient (Wildman–Crippen LogP) is 2.70. The Kier molecular flexibility index (Phi) is 6.64. The highest BCUT2D eigenvalue weighted by Gasteiger charge is 2.00. The lowest BCUT2D eigenvalue weighted by Crippen LogP contribution is -2.28. The van der Waals surface area contributed by atoms with Crippen molar-refractivity contribution in [1.82, 2.24) is 5.32 Å². The van der Waals surface area contributed by atoms with Crippen LogP contribution in [0.3, 0.4) is 0 Å². The zero-order valence-corrected chi connectivity index (χ0v) is 10.5. The monoisotopic (exact) mass is 227 g/mol. The van der Waals surface area contributed by atoms with Gasteiger partial charge in [-0.25, -0.2) is 0 Å². The smallest absolute Gasteiger partial charge is 0.0476 e. The summed E-state index contributed by atoms with van der Waals surface area (Å²) in [5.74, 6) is 0. The Hall–Kier alpha value is -0.380. The summed E-state index contributed by atoms with van der Waals surface area (Å²) in [5.41, 5.74) is 0. The third-order valence-electron chi connectivity index (χ3n) is 2.43. The minimum atomic E-state index is 0.563. The van der Waals surface area contributed by atoms with Gasteiger partial charge >= 0.3 is 0 Å². The molecule has 0 fully saturated rings. The van der Waals surface area contributed by atoms with Crippen LogP contribution in [0, 0.1) is 0 Å². The van der Waals surface area contributed by atoms with Gasteiger partial charge in [0.2, 0.25) is 0 Å². The van der Waals surface area contributed by atoms with Crippen molar-refractivity contribution < 1.29 is 4.74 Å². The Labute approximate surface area is 96.7 Å². The molecule has 0 amide bonds. The summed E-state index contributed by atoms with van der Waals surface area (Å²) in [5, 5.41) is 5.65. The molecule has 3 heteroatoms. The van der Waals surface area contributed by atoms with E-state index in [-0.39, 0.29) is 0 Å². The highest BCUT2D eigenvalue weighted by molar-refractivity contribution is 7.09. The number of aryl methyl sites for hydroxylation is 1. The first-order chi connectivity index (χ1) is 7.33. The average Bonchev–Trinajstić information content (AvgIpc) is 2.74. The molecule has 1 aromatic heterocycles. The molecule has 0 spiro atoms. The first-order valence-electron chi connectivity index (χ1n) is 5.57. The Balaban J connectivity index is 1.97. The Morgan fingerprint density at radius 3 is 3.07 bits per heavy atom. The summed E-state index contributed by atoms with van der Waals surface area (Å²) in [6.07, 6.45) is 3.51. The maximum Gasteiger partial charge on any atom is 0.0476 e. The van der Waals surface area contributed by atoms with E-state index in [2.05, 4.69) is 29.8 Å². The van der Waals surface area contributed by atoms with Crippen LogP contribution in [0.15, 0.2) is 17.5 Å². The van der Waals surface area contributed by atoms with Gasteiger partial charge in [0, 0.05) is 24.6 Å². The van der Waals surface area contributed by atoms with Crippen molar-refractivity contribution in [2.24, 2.45) is 0 Å². The molecule has 0 aliphatic heterocycles. The van der Waals surface area contributed by atoms with Crippen LogP contribution < -0.4 is 5.32 Å². The van der Waals surface area contributed by atoms with Gasteiger partial charge in [0.25, 0.3) is 0 Å². The molecule has 0 aliphatic rings. The molecule has 0 saturated heterocycles. The summed E-state index contributed by atoms with van der Waals surface area (Å²) in [6.45, 7) is 4.16. The fraction of sp³-hybridized carbons (Fsp3) is 0.667. The maximum absolute atomic E-state index is 5.04.